The van der Waals surface area contributed by atoms with Gasteiger partial charge in [-0.1, -0.05) is 12.5 Å². The molecule has 16 heavy (non-hydrogen) atoms. The highest BCUT2D eigenvalue weighted by Gasteiger charge is 2.14. The summed E-state index contributed by atoms with van der Waals surface area (Å²) in [5, 5.41) is 3.26. The first-order valence-corrected chi connectivity index (χ1v) is 6.22. The Morgan fingerprint density at radius 3 is 2.69 bits per heavy atom. The minimum absolute atomic E-state index is 0.0654. The van der Waals surface area contributed by atoms with E-state index in [4.69, 9.17) is 0 Å². The van der Waals surface area contributed by atoms with Gasteiger partial charge in [0.1, 0.15) is 0 Å². The van der Waals surface area contributed by atoms with Gasteiger partial charge in [0.05, 0.1) is 6.04 Å². The molecular formula is C13H26N2O. The van der Waals surface area contributed by atoms with Crippen LogP contribution in [-0.4, -0.2) is 37.0 Å². The van der Waals surface area contributed by atoms with Crippen molar-refractivity contribution >= 4 is 5.91 Å². The summed E-state index contributed by atoms with van der Waals surface area (Å²) in [6.45, 7) is 9.29. The first-order valence-electron chi connectivity index (χ1n) is 6.22. The van der Waals surface area contributed by atoms with Crippen LogP contribution in [0.3, 0.4) is 0 Å². The van der Waals surface area contributed by atoms with Crippen LogP contribution in [0.15, 0.2) is 12.7 Å². The number of unbranched alkanes of at least 4 members (excludes halogenated alkanes) is 3. The zero-order valence-electron chi connectivity index (χ0n) is 11.0. The maximum atomic E-state index is 11.7. The molecule has 0 aromatic carbocycles. The molecule has 0 saturated heterocycles. The van der Waals surface area contributed by atoms with Crippen LogP contribution in [-0.2, 0) is 4.79 Å². The van der Waals surface area contributed by atoms with Crippen molar-refractivity contribution in [1.82, 2.24) is 10.2 Å². The number of hydrogen-bond donors (Lipinski definition) is 1. The van der Waals surface area contributed by atoms with E-state index in [0.717, 1.165) is 25.9 Å². The summed E-state index contributed by atoms with van der Waals surface area (Å²) < 4.78 is 0. The maximum Gasteiger partial charge on any atom is 0.239 e. The molecule has 1 N–H and O–H groups in total. The van der Waals surface area contributed by atoms with Crippen LogP contribution in [0.1, 0.15) is 39.5 Å². The second-order valence-corrected chi connectivity index (χ2v) is 4.17. The summed E-state index contributed by atoms with van der Waals surface area (Å²) in [5.74, 6) is 0.175. The molecule has 1 atom stereocenters. The summed E-state index contributed by atoms with van der Waals surface area (Å²) >= 11 is 0. The van der Waals surface area contributed by atoms with Crippen molar-refractivity contribution in [3.05, 3.63) is 12.7 Å². The van der Waals surface area contributed by atoms with Crippen LogP contribution in [0.2, 0.25) is 0 Å². The Balaban J connectivity index is 3.53. The smallest absolute Gasteiger partial charge is 0.239 e. The summed E-state index contributed by atoms with van der Waals surface area (Å²) in [5.41, 5.74) is 0. The monoisotopic (exact) mass is 226 g/mol. The molecule has 0 aromatic heterocycles. The largest absolute Gasteiger partial charge is 0.345 e. The molecule has 0 rings (SSSR count). The fourth-order valence-corrected chi connectivity index (χ4v) is 1.48. The number of hydrogen-bond acceptors (Lipinski definition) is 2. The number of nitrogens with zero attached hydrogens (tertiary/aromatic N) is 1. The summed E-state index contributed by atoms with van der Waals surface area (Å²) in [6.07, 6.45) is 6.57. The van der Waals surface area contributed by atoms with Gasteiger partial charge in [0.15, 0.2) is 0 Å². The summed E-state index contributed by atoms with van der Waals surface area (Å²) in [4.78, 5) is 13.4. The molecule has 0 heterocycles. The van der Waals surface area contributed by atoms with Gasteiger partial charge >= 0.3 is 0 Å². The predicted octanol–water partition coefficient (Wildman–Crippen LogP) is 2.19. The Morgan fingerprint density at radius 2 is 2.12 bits per heavy atom. The van der Waals surface area contributed by atoms with Crippen molar-refractivity contribution in [1.29, 1.82) is 0 Å². The van der Waals surface area contributed by atoms with Gasteiger partial charge in [-0.05, 0) is 39.7 Å². The quantitative estimate of drug-likeness (QED) is 0.483. The van der Waals surface area contributed by atoms with E-state index < -0.39 is 0 Å². The number of carbonyl (C=O) groups excluding carboxylic acids is 1. The molecule has 0 aliphatic heterocycles. The number of allylic oxidation sites excluding steroid dienone is 1. The Kier molecular flexibility index (Phi) is 8.91. The Bertz CT molecular complexity index is 204. The highest BCUT2D eigenvalue weighted by Crippen LogP contribution is 1.99. The van der Waals surface area contributed by atoms with Crippen LogP contribution in [0, 0.1) is 0 Å². The van der Waals surface area contributed by atoms with Crippen molar-refractivity contribution in [3.8, 4) is 0 Å². The normalized spacial score (nSPS) is 12.2. The number of likely N-dealkylation sites (N-methyl/N-ethyl adjacent to an activating group) is 1. The van der Waals surface area contributed by atoms with Crippen molar-refractivity contribution < 1.29 is 4.79 Å². The van der Waals surface area contributed by atoms with Gasteiger partial charge in [-0.3, -0.25) is 4.79 Å². The molecule has 0 bridgehead atoms. The van der Waals surface area contributed by atoms with Crippen LogP contribution in [0.25, 0.3) is 0 Å². The number of rotatable bonds is 9. The fourth-order valence-electron chi connectivity index (χ4n) is 1.48. The minimum atomic E-state index is -0.0654. The standard InChI is InChI=1S/C13H26N2O/c1-5-7-8-9-10-11-14-12(3)13(16)15(4)6-2/h5,12,14H,1,6-11H2,2-4H3. The zero-order valence-corrected chi connectivity index (χ0v) is 11.0. The third-order valence-electron chi connectivity index (χ3n) is 2.76. The number of amides is 1. The van der Waals surface area contributed by atoms with Crippen LogP contribution in [0.4, 0.5) is 0 Å². The second kappa shape index (κ2) is 9.40. The van der Waals surface area contributed by atoms with E-state index in [1.165, 1.54) is 12.8 Å². The molecule has 0 aliphatic carbocycles. The molecule has 94 valence electrons. The summed E-state index contributed by atoms with van der Waals surface area (Å²) in [6, 6.07) is -0.0654. The SMILES string of the molecule is C=CCCCCCNC(C)C(=O)N(C)CC. The molecular weight excluding hydrogens is 200 g/mol. The molecule has 3 nitrogen and oxygen atoms in total. The second-order valence-electron chi connectivity index (χ2n) is 4.17. The molecule has 1 amide bonds. The van der Waals surface area contributed by atoms with E-state index in [9.17, 15) is 4.79 Å². The van der Waals surface area contributed by atoms with Crippen LogP contribution < -0.4 is 5.32 Å². The van der Waals surface area contributed by atoms with Gasteiger partial charge in [-0.15, -0.1) is 6.58 Å². The van der Waals surface area contributed by atoms with Gasteiger partial charge in [0, 0.05) is 13.6 Å². The fraction of sp³-hybridized carbons (Fsp3) is 0.769. The maximum absolute atomic E-state index is 11.7. The van der Waals surface area contributed by atoms with Crippen molar-refractivity contribution in [3.63, 3.8) is 0 Å². The van der Waals surface area contributed by atoms with Gasteiger partial charge in [0.25, 0.3) is 0 Å². The van der Waals surface area contributed by atoms with Crippen LogP contribution >= 0.6 is 0 Å². The molecule has 0 fully saturated rings. The zero-order chi connectivity index (χ0) is 12.4. The lowest BCUT2D eigenvalue weighted by Crippen LogP contribution is -2.43. The topological polar surface area (TPSA) is 32.3 Å². The third-order valence-corrected chi connectivity index (χ3v) is 2.76. The summed E-state index contributed by atoms with van der Waals surface area (Å²) in [7, 11) is 1.84. The van der Waals surface area contributed by atoms with Gasteiger partial charge < -0.3 is 10.2 Å². The lowest BCUT2D eigenvalue weighted by molar-refractivity contribution is -0.131. The molecule has 0 aromatic rings. The van der Waals surface area contributed by atoms with Crippen molar-refractivity contribution in [2.45, 2.75) is 45.6 Å². The van der Waals surface area contributed by atoms with E-state index >= 15 is 0 Å². The molecule has 3 heteroatoms. The van der Waals surface area contributed by atoms with Crippen LogP contribution in [0.5, 0.6) is 0 Å². The highest BCUT2D eigenvalue weighted by molar-refractivity contribution is 5.81. The first kappa shape index (κ1) is 15.2. The minimum Gasteiger partial charge on any atom is -0.345 e. The average Bonchev–Trinajstić information content (AvgIpc) is 2.31. The van der Waals surface area contributed by atoms with E-state index in [-0.39, 0.29) is 11.9 Å². The van der Waals surface area contributed by atoms with Gasteiger partial charge in [-0.25, -0.2) is 0 Å². The molecule has 0 aliphatic rings. The predicted molar refractivity (Wildman–Crippen MR) is 69.4 cm³/mol. The number of carbonyl (C=O) groups is 1. The van der Waals surface area contributed by atoms with Gasteiger partial charge in [0.2, 0.25) is 5.91 Å². The molecule has 1 unspecified atom stereocenters. The van der Waals surface area contributed by atoms with Gasteiger partial charge in [-0.2, -0.15) is 0 Å². The van der Waals surface area contributed by atoms with Crippen molar-refractivity contribution in [2.24, 2.45) is 0 Å². The lowest BCUT2D eigenvalue weighted by atomic mass is 10.2. The van der Waals surface area contributed by atoms with E-state index in [1.54, 1.807) is 4.90 Å². The van der Waals surface area contributed by atoms with E-state index in [0.29, 0.717) is 0 Å². The van der Waals surface area contributed by atoms with E-state index in [2.05, 4.69) is 11.9 Å². The lowest BCUT2D eigenvalue weighted by Gasteiger charge is -2.20. The molecule has 0 spiro atoms. The Labute approximate surface area is 99.9 Å². The highest BCUT2D eigenvalue weighted by atomic mass is 16.2. The van der Waals surface area contributed by atoms with E-state index in [1.807, 2.05) is 27.0 Å². The Morgan fingerprint density at radius 1 is 1.44 bits per heavy atom. The molecule has 0 radical (unpaired) electrons. The number of nitrogens with one attached hydrogen (secondary N) is 1. The third kappa shape index (κ3) is 6.62. The average molecular weight is 226 g/mol. The molecule has 0 saturated carbocycles. The first-order chi connectivity index (χ1) is 7.63. The van der Waals surface area contributed by atoms with Crippen molar-refractivity contribution in [2.75, 3.05) is 20.1 Å². The Hall–Kier alpha value is -0.830.